The number of hydrogen-bond donors (Lipinski definition) is 0. The molecule has 6 nitrogen and oxygen atoms in total. The van der Waals surface area contributed by atoms with Gasteiger partial charge in [-0.25, -0.2) is 3.11 Å². The molecule has 4 amide bonds. The van der Waals surface area contributed by atoms with Crippen molar-refractivity contribution in [1.82, 2.24) is 8.01 Å². The molecule has 0 saturated heterocycles. The van der Waals surface area contributed by atoms with Crippen molar-refractivity contribution in [3.05, 3.63) is 70.8 Å². The average molecular weight is 530 g/mol. The molecule has 2 heterocycles. The lowest BCUT2D eigenvalue weighted by molar-refractivity contribution is 0.0648. The topological polar surface area (TPSA) is 74.8 Å². The van der Waals surface area contributed by atoms with Gasteiger partial charge in [-0.15, -0.1) is 0 Å². The maximum atomic E-state index is 12.8. The smallest absolute Gasteiger partial charge is 0.270 e. The van der Waals surface area contributed by atoms with Gasteiger partial charge in [0.15, 0.2) is 0 Å². The fourth-order valence-corrected chi connectivity index (χ4v) is 5.88. The molecule has 0 atom stereocenters. The number of hydrogen-bond acceptors (Lipinski definition) is 4. The van der Waals surface area contributed by atoms with Crippen LogP contribution in [0.3, 0.4) is 0 Å². The SMILES string of the molecule is CN1C(=O)c2ccc3c4ccc5c6c(ccc(c7ccc(c2c37)C1=O)c64)C(=O)N(I)C5=O. The van der Waals surface area contributed by atoms with Gasteiger partial charge < -0.3 is 0 Å². The molecule has 0 aliphatic carbocycles. The van der Waals surface area contributed by atoms with E-state index in [1.807, 2.05) is 24.3 Å². The first-order chi connectivity index (χ1) is 15.4. The fraction of sp³-hybridized carbons (Fsp3) is 0.0400. The first-order valence-corrected chi connectivity index (χ1v) is 10.9. The summed E-state index contributed by atoms with van der Waals surface area (Å²) in [6, 6.07) is 14.6. The summed E-state index contributed by atoms with van der Waals surface area (Å²) >= 11 is 1.75. The van der Waals surface area contributed by atoms with Crippen LogP contribution in [0.5, 0.6) is 0 Å². The number of fused-ring (bicyclic) bond motifs is 2. The summed E-state index contributed by atoms with van der Waals surface area (Å²) in [5, 5.41) is 6.59. The van der Waals surface area contributed by atoms with Crippen LogP contribution in [0.15, 0.2) is 48.5 Å². The van der Waals surface area contributed by atoms with Gasteiger partial charge in [-0.2, -0.15) is 0 Å². The number of carbonyl (C=O) groups excluding carboxylic acids is 4. The van der Waals surface area contributed by atoms with Crippen LogP contribution >= 0.6 is 22.9 Å². The second-order valence-corrected chi connectivity index (χ2v) is 9.17. The Balaban J connectivity index is 1.77. The molecule has 0 radical (unpaired) electrons. The minimum absolute atomic E-state index is 0.319. The third kappa shape index (κ3) is 1.83. The Labute approximate surface area is 194 Å². The number of nitrogens with zero attached hydrogens (tertiary/aromatic N) is 2. The molecule has 152 valence electrons. The Morgan fingerprint density at radius 1 is 0.500 bits per heavy atom. The zero-order chi connectivity index (χ0) is 22.0. The monoisotopic (exact) mass is 530 g/mol. The number of carbonyl (C=O) groups is 4. The number of rotatable bonds is 0. The molecule has 2 aliphatic heterocycles. The van der Waals surface area contributed by atoms with Crippen molar-refractivity contribution in [2.24, 2.45) is 0 Å². The molecule has 7 rings (SSSR count). The molecule has 5 aromatic carbocycles. The van der Waals surface area contributed by atoms with Gasteiger partial charge in [0.2, 0.25) is 0 Å². The van der Waals surface area contributed by atoms with Crippen LogP contribution in [0.2, 0.25) is 0 Å². The van der Waals surface area contributed by atoms with Gasteiger partial charge >= 0.3 is 0 Å². The maximum Gasteiger partial charge on any atom is 0.270 e. The number of halogens is 1. The van der Waals surface area contributed by atoms with Gasteiger partial charge in [0.25, 0.3) is 23.6 Å². The zero-order valence-electron chi connectivity index (χ0n) is 16.5. The van der Waals surface area contributed by atoms with Crippen molar-refractivity contribution in [2.75, 3.05) is 7.05 Å². The highest BCUT2D eigenvalue weighted by Gasteiger charge is 2.35. The van der Waals surface area contributed by atoms with E-state index in [1.165, 1.54) is 7.05 Å². The zero-order valence-corrected chi connectivity index (χ0v) is 18.7. The van der Waals surface area contributed by atoms with E-state index >= 15 is 0 Å². The van der Waals surface area contributed by atoms with Crippen LogP contribution in [-0.2, 0) is 0 Å². The highest BCUT2D eigenvalue weighted by molar-refractivity contribution is 14.1. The molecule has 7 heteroatoms. The highest BCUT2D eigenvalue weighted by atomic mass is 127. The predicted molar refractivity (Wildman–Crippen MR) is 129 cm³/mol. The van der Waals surface area contributed by atoms with Crippen LogP contribution in [0.25, 0.3) is 43.1 Å². The van der Waals surface area contributed by atoms with Crippen molar-refractivity contribution < 1.29 is 19.2 Å². The summed E-state index contributed by atoms with van der Waals surface area (Å²) in [7, 11) is 1.50. The number of amides is 4. The molecule has 5 aromatic rings. The minimum Gasteiger partial charge on any atom is -0.277 e. The Morgan fingerprint density at radius 2 is 0.812 bits per heavy atom. The van der Waals surface area contributed by atoms with Crippen LogP contribution in [0.4, 0.5) is 0 Å². The van der Waals surface area contributed by atoms with E-state index < -0.39 is 0 Å². The summed E-state index contributed by atoms with van der Waals surface area (Å²) in [4.78, 5) is 52.5. The Morgan fingerprint density at radius 3 is 1.16 bits per heavy atom. The third-order valence-electron chi connectivity index (χ3n) is 6.79. The first kappa shape index (κ1) is 18.0. The van der Waals surface area contributed by atoms with Gasteiger partial charge in [0, 0.05) is 40.1 Å². The molecule has 32 heavy (non-hydrogen) atoms. The molecule has 0 spiro atoms. The standard InChI is InChI=1S/C25H11IN2O4/c1-27-22(29)14-6-2-10-12-4-8-16-21-17(25(32)28(26)24(16)31)9-5-13(19(12)21)11-3-7-15(23(27)30)20(14)18(10)11/h2-9H,1H3. The average Bonchev–Trinajstić information content (AvgIpc) is 2.82. The molecular weight excluding hydrogens is 519 g/mol. The van der Waals surface area contributed by atoms with E-state index in [-0.39, 0.29) is 23.6 Å². The molecular formula is C25H11IN2O4. The highest BCUT2D eigenvalue weighted by Crippen LogP contribution is 2.46. The summed E-state index contributed by atoms with van der Waals surface area (Å²) in [5.41, 5.74) is 2.00. The third-order valence-corrected chi connectivity index (χ3v) is 7.67. The quantitative estimate of drug-likeness (QED) is 0.0938. The van der Waals surface area contributed by atoms with Crippen molar-refractivity contribution in [3.63, 3.8) is 0 Å². The van der Waals surface area contributed by atoms with E-state index in [9.17, 15) is 19.2 Å². The molecule has 0 unspecified atom stereocenters. The predicted octanol–water partition coefficient (Wildman–Crippen LogP) is 4.91. The van der Waals surface area contributed by atoms with Gasteiger partial charge in [0.1, 0.15) is 0 Å². The van der Waals surface area contributed by atoms with E-state index in [0.717, 1.165) is 40.3 Å². The number of imide groups is 2. The summed E-state index contributed by atoms with van der Waals surface area (Å²) in [6.45, 7) is 0. The van der Waals surface area contributed by atoms with Gasteiger partial charge in [-0.1, -0.05) is 24.3 Å². The molecule has 0 bridgehead atoms. The van der Waals surface area contributed by atoms with Crippen LogP contribution in [-0.4, -0.2) is 38.7 Å². The van der Waals surface area contributed by atoms with E-state index in [4.69, 9.17) is 0 Å². The van der Waals surface area contributed by atoms with E-state index in [0.29, 0.717) is 33.0 Å². The summed E-state index contributed by atoms with van der Waals surface area (Å²) < 4.78 is 1.12. The van der Waals surface area contributed by atoms with Crippen LogP contribution in [0, 0.1) is 0 Å². The van der Waals surface area contributed by atoms with Crippen LogP contribution in [0.1, 0.15) is 41.4 Å². The molecule has 0 aromatic heterocycles. The lowest BCUT2D eigenvalue weighted by atomic mass is 9.82. The second-order valence-electron chi connectivity index (χ2n) is 8.20. The second kappa shape index (κ2) is 5.60. The van der Waals surface area contributed by atoms with Crippen molar-refractivity contribution in [1.29, 1.82) is 0 Å². The van der Waals surface area contributed by atoms with Crippen molar-refractivity contribution >= 4 is 89.6 Å². The van der Waals surface area contributed by atoms with E-state index in [1.54, 1.807) is 47.1 Å². The molecule has 0 N–H and O–H groups in total. The molecule has 0 saturated carbocycles. The minimum atomic E-state index is -0.331. The van der Waals surface area contributed by atoms with Gasteiger partial charge in [0.05, 0.1) is 22.9 Å². The van der Waals surface area contributed by atoms with E-state index in [2.05, 4.69) is 0 Å². The van der Waals surface area contributed by atoms with Crippen molar-refractivity contribution in [2.45, 2.75) is 0 Å². The summed E-state index contributed by atoms with van der Waals surface area (Å²) in [5.74, 6) is -1.30. The molecule has 0 fully saturated rings. The van der Waals surface area contributed by atoms with Gasteiger partial charge in [-0.3, -0.25) is 24.1 Å². The fourth-order valence-electron chi connectivity index (χ4n) is 5.36. The lowest BCUT2D eigenvalue weighted by Crippen LogP contribution is -2.36. The first-order valence-electron chi connectivity index (χ1n) is 9.97. The largest absolute Gasteiger partial charge is 0.277 e. The Hall–Kier alpha value is -3.59. The summed E-state index contributed by atoms with van der Waals surface area (Å²) in [6.07, 6.45) is 0. The van der Waals surface area contributed by atoms with Gasteiger partial charge in [-0.05, 0) is 56.6 Å². The Kier molecular flexibility index (Phi) is 3.16. The van der Waals surface area contributed by atoms with Crippen LogP contribution < -0.4 is 0 Å². The number of benzene rings is 5. The lowest BCUT2D eigenvalue weighted by Gasteiger charge is -2.27. The Bertz CT molecular complexity index is 1540. The maximum absolute atomic E-state index is 12.8. The normalized spacial score (nSPS) is 15.9. The molecule has 2 aliphatic rings. The van der Waals surface area contributed by atoms with Crippen molar-refractivity contribution in [3.8, 4) is 0 Å².